The van der Waals surface area contributed by atoms with Crippen LogP contribution in [0.4, 0.5) is 0 Å². The standard InChI is InChI=1S/C11H19N3O2.ClH/c1-11(2,3)8(12)10-13-9(14-16-10)7-5-4-6-15-7;/h7-8H,4-6,12H2,1-3H3;1H/t7?,8-;/m1./s1. The van der Waals surface area contributed by atoms with Gasteiger partial charge in [0.25, 0.3) is 0 Å². The summed E-state index contributed by atoms with van der Waals surface area (Å²) in [6, 6.07) is -0.241. The molecular weight excluding hydrogens is 242 g/mol. The van der Waals surface area contributed by atoms with Gasteiger partial charge in [0.15, 0.2) is 0 Å². The molecule has 1 unspecified atom stereocenters. The minimum Gasteiger partial charge on any atom is -0.370 e. The molecule has 2 atom stereocenters. The van der Waals surface area contributed by atoms with E-state index in [2.05, 4.69) is 10.1 Å². The molecule has 98 valence electrons. The molecule has 0 amide bonds. The Morgan fingerprint density at radius 1 is 1.41 bits per heavy atom. The van der Waals surface area contributed by atoms with Gasteiger partial charge in [-0.25, -0.2) is 0 Å². The van der Waals surface area contributed by atoms with Crippen LogP contribution < -0.4 is 5.73 Å². The molecule has 0 aromatic carbocycles. The molecule has 1 aromatic rings. The average Bonchev–Trinajstić information content (AvgIpc) is 2.85. The van der Waals surface area contributed by atoms with Gasteiger partial charge in [0.05, 0.1) is 6.04 Å². The second-order valence-corrected chi connectivity index (χ2v) is 5.34. The molecule has 1 aromatic heterocycles. The van der Waals surface area contributed by atoms with Gasteiger partial charge in [-0.05, 0) is 18.3 Å². The number of ether oxygens (including phenoxy) is 1. The molecule has 0 aliphatic carbocycles. The molecule has 2 N–H and O–H groups in total. The predicted octanol–water partition coefficient (Wildman–Crippen LogP) is 2.39. The minimum atomic E-state index is -0.241. The molecule has 1 aliphatic heterocycles. The van der Waals surface area contributed by atoms with Gasteiger partial charge >= 0.3 is 0 Å². The van der Waals surface area contributed by atoms with E-state index in [-0.39, 0.29) is 30.0 Å². The number of hydrogen-bond donors (Lipinski definition) is 1. The maximum absolute atomic E-state index is 6.05. The summed E-state index contributed by atoms with van der Waals surface area (Å²) in [5.41, 5.74) is 5.96. The summed E-state index contributed by atoms with van der Waals surface area (Å²) in [4.78, 5) is 4.33. The van der Waals surface area contributed by atoms with E-state index in [0.717, 1.165) is 19.4 Å². The molecule has 5 nitrogen and oxygen atoms in total. The fourth-order valence-electron chi connectivity index (χ4n) is 1.66. The molecule has 0 radical (unpaired) electrons. The van der Waals surface area contributed by atoms with Gasteiger partial charge in [0.1, 0.15) is 6.10 Å². The number of hydrogen-bond acceptors (Lipinski definition) is 5. The topological polar surface area (TPSA) is 74.2 Å². The van der Waals surface area contributed by atoms with Gasteiger partial charge in [0.2, 0.25) is 11.7 Å². The zero-order valence-electron chi connectivity index (χ0n) is 10.5. The third-order valence-electron chi connectivity index (χ3n) is 2.87. The molecule has 1 fully saturated rings. The van der Waals surface area contributed by atoms with Gasteiger partial charge in [-0.15, -0.1) is 12.4 Å². The van der Waals surface area contributed by atoms with Gasteiger partial charge in [-0.3, -0.25) is 0 Å². The second-order valence-electron chi connectivity index (χ2n) is 5.34. The van der Waals surface area contributed by atoms with E-state index in [4.69, 9.17) is 15.0 Å². The van der Waals surface area contributed by atoms with E-state index < -0.39 is 0 Å². The Morgan fingerprint density at radius 3 is 2.65 bits per heavy atom. The fraction of sp³-hybridized carbons (Fsp3) is 0.818. The lowest BCUT2D eigenvalue weighted by Crippen LogP contribution is -2.26. The van der Waals surface area contributed by atoms with Crippen molar-refractivity contribution in [2.45, 2.75) is 45.8 Å². The van der Waals surface area contributed by atoms with Gasteiger partial charge < -0.3 is 15.0 Å². The zero-order valence-corrected chi connectivity index (χ0v) is 11.3. The predicted molar refractivity (Wildman–Crippen MR) is 65.9 cm³/mol. The Labute approximate surface area is 108 Å². The number of rotatable bonds is 2. The van der Waals surface area contributed by atoms with Crippen LogP contribution in [0.1, 0.15) is 57.5 Å². The molecule has 0 saturated carbocycles. The van der Waals surface area contributed by atoms with E-state index in [1.54, 1.807) is 0 Å². The van der Waals surface area contributed by atoms with Crippen molar-refractivity contribution in [3.8, 4) is 0 Å². The highest BCUT2D eigenvalue weighted by Crippen LogP contribution is 2.31. The van der Waals surface area contributed by atoms with Crippen molar-refractivity contribution >= 4 is 12.4 Å². The van der Waals surface area contributed by atoms with Gasteiger partial charge in [-0.1, -0.05) is 25.9 Å². The molecule has 1 saturated heterocycles. The summed E-state index contributed by atoms with van der Waals surface area (Å²) >= 11 is 0. The molecule has 2 heterocycles. The van der Waals surface area contributed by atoms with Gasteiger partial charge in [0, 0.05) is 6.61 Å². The van der Waals surface area contributed by atoms with Crippen LogP contribution in [0.5, 0.6) is 0 Å². The first kappa shape index (κ1) is 14.4. The highest BCUT2D eigenvalue weighted by molar-refractivity contribution is 5.85. The van der Waals surface area contributed by atoms with Crippen molar-refractivity contribution in [1.82, 2.24) is 10.1 Å². The van der Waals surface area contributed by atoms with Crippen LogP contribution in [-0.4, -0.2) is 16.7 Å². The van der Waals surface area contributed by atoms with Crippen LogP contribution in [-0.2, 0) is 4.74 Å². The van der Waals surface area contributed by atoms with Crippen molar-refractivity contribution in [2.24, 2.45) is 11.1 Å². The van der Waals surface area contributed by atoms with Crippen molar-refractivity contribution in [3.05, 3.63) is 11.7 Å². The zero-order chi connectivity index (χ0) is 11.8. The SMILES string of the molecule is CC(C)(C)[C@H](N)c1nc(C2CCCO2)no1.Cl. The van der Waals surface area contributed by atoms with E-state index in [9.17, 15) is 0 Å². The smallest absolute Gasteiger partial charge is 0.244 e. The maximum Gasteiger partial charge on any atom is 0.244 e. The molecular formula is C11H20ClN3O2. The lowest BCUT2D eigenvalue weighted by Gasteiger charge is -2.23. The Hall–Kier alpha value is -0.650. The molecule has 0 bridgehead atoms. The summed E-state index contributed by atoms with van der Waals surface area (Å²) in [7, 11) is 0. The van der Waals surface area contributed by atoms with Crippen LogP contribution in [0.2, 0.25) is 0 Å². The minimum absolute atomic E-state index is 0. The Morgan fingerprint density at radius 2 is 2.12 bits per heavy atom. The first-order chi connectivity index (χ1) is 7.48. The van der Waals surface area contributed by atoms with Crippen molar-refractivity contribution in [2.75, 3.05) is 6.61 Å². The molecule has 2 rings (SSSR count). The monoisotopic (exact) mass is 261 g/mol. The van der Waals surface area contributed by atoms with Crippen LogP contribution in [0.15, 0.2) is 4.52 Å². The number of halogens is 1. The third kappa shape index (κ3) is 3.18. The largest absolute Gasteiger partial charge is 0.370 e. The summed E-state index contributed by atoms with van der Waals surface area (Å²) < 4.78 is 10.7. The van der Waals surface area contributed by atoms with E-state index in [0.29, 0.717) is 11.7 Å². The van der Waals surface area contributed by atoms with Crippen LogP contribution >= 0.6 is 12.4 Å². The summed E-state index contributed by atoms with van der Waals surface area (Å²) in [5, 5.41) is 3.94. The fourth-order valence-corrected chi connectivity index (χ4v) is 1.66. The van der Waals surface area contributed by atoms with Gasteiger partial charge in [-0.2, -0.15) is 4.98 Å². The normalized spacial score (nSPS) is 22.2. The highest BCUT2D eigenvalue weighted by atomic mass is 35.5. The molecule has 0 spiro atoms. The lowest BCUT2D eigenvalue weighted by molar-refractivity contribution is 0.103. The highest BCUT2D eigenvalue weighted by Gasteiger charge is 2.30. The van der Waals surface area contributed by atoms with Crippen LogP contribution in [0.25, 0.3) is 0 Å². The number of nitrogens with two attached hydrogens (primary N) is 1. The first-order valence-corrected chi connectivity index (χ1v) is 5.69. The molecule has 1 aliphatic rings. The number of aromatic nitrogens is 2. The maximum atomic E-state index is 6.05. The second kappa shape index (κ2) is 5.33. The summed E-state index contributed by atoms with van der Waals surface area (Å²) in [6.07, 6.45) is 2.01. The number of nitrogens with zero attached hydrogens (tertiary/aromatic N) is 2. The van der Waals surface area contributed by atoms with E-state index >= 15 is 0 Å². The summed E-state index contributed by atoms with van der Waals surface area (Å²) in [5.74, 6) is 1.13. The van der Waals surface area contributed by atoms with Crippen LogP contribution in [0, 0.1) is 5.41 Å². The Bertz CT molecular complexity index is 356. The van der Waals surface area contributed by atoms with Crippen molar-refractivity contribution < 1.29 is 9.26 Å². The van der Waals surface area contributed by atoms with Crippen molar-refractivity contribution in [3.63, 3.8) is 0 Å². The van der Waals surface area contributed by atoms with E-state index in [1.807, 2.05) is 20.8 Å². The quantitative estimate of drug-likeness (QED) is 0.885. The van der Waals surface area contributed by atoms with E-state index in [1.165, 1.54) is 0 Å². The molecule has 6 heteroatoms. The Balaban J connectivity index is 0.00000144. The molecule has 17 heavy (non-hydrogen) atoms. The van der Waals surface area contributed by atoms with Crippen molar-refractivity contribution in [1.29, 1.82) is 0 Å². The average molecular weight is 262 g/mol. The first-order valence-electron chi connectivity index (χ1n) is 5.69. The lowest BCUT2D eigenvalue weighted by atomic mass is 9.87. The third-order valence-corrected chi connectivity index (χ3v) is 2.87. The van der Waals surface area contributed by atoms with Crippen LogP contribution in [0.3, 0.4) is 0 Å². The Kier molecular flexibility index (Phi) is 4.52. The summed E-state index contributed by atoms with van der Waals surface area (Å²) in [6.45, 7) is 6.93.